The minimum Gasteiger partial charge on any atom is -0.258 e. The number of hydrogen-bond acceptors (Lipinski definition) is 3. The monoisotopic (exact) mass is 264 g/mol. The van der Waals surface area contributed by atoms with E-state index >= 15 is 0 Å². The molecule has 0 saturated heterocycles. The van der Waals surface area contributed by atoms with Gasteiger partial charge in [-0.05, 0) is 42.3 Å². The molecule has 0 saturated carbocycles. The molecule has 0 amide bonds. The molecule has 4 nitrogen and oxygen atoms in total. The van der Waals surface area contributed by atoms with Crippen LogP contribution >= 0.6 is 0 Å². The standard InChI is InChI=1S/C16H12N2O2/c1-11-10-15(14-4-2-3-5-16(14)17-11)12-6-8-13(9-7-12)18(19)20/h2-10H,1H3. The number of nitro benzene ring substituents is 1. The van der Waals surface area contributed by atoms with Gasteiger partial charge in [0, 0.05) is 23.2 Å². The zero-order chi connectivity index (χ0) is 14.1. The van der Waals surface area contributed by atoms with E-state index in [0.717, 1.165) is 27.7 Å². The Labute approximate surface area is 115 Å². The van der Waals surface area contributed by atoms with Crippen molar-refractivity contribution in [1.29, 1.82) is 0 Å². The van der Waals surface area contributed by atoms with Crippen molar-refractivity contribution in [1.82, 2.24) is 4.98 Å². The van der Waals surface area contributed by atoms with Crippen LogP contribution in [-0.2, 0) is 0 Å². The molecule has 3 aromatic rings. The van der Waals surface area contributed by atoms with Crippen molar-refractivity contribution in [3.05, 3.63) is 70.4 Å². The molecule has 0 N–H and O–H groups in total. The fraction of sp³-hybridized carbons (Fsp3) is 0.0625. The summed E-state index contributed by atoms with van der Waals surface area (Å²) in [5.74, 6) is 0. The van der Waals surface area contributed by atoms with Crippen molar-refractivity contribution in [2.24, 2.45) is 0 Å². The normalized spacial score (nSPS) is 10.7. The third-order valence-corrected chi connectivity index (χ3v) is 3.23. The van der Waals surface area contributed by atoms with E-state index in [1.54, 1.807) is 12.1 Å². The molecule has 2 aromatic carbocycles. The summed E-state index contributed by atoms with van der Waals surface area (Å²) in [5.41, 5.74) is 3.96. The van der Waals surface area contributed by atoms with E-state index < -0.39 is 0 Å². The van der Waals surface area contributed by atoms with Crippen LogP contribution in [0.5, 0.6) is 0 Å². The van der Waals surface area contributed by atoms with Gasteiger partial charge in [0.15, 0.2) is 0 Å². The summed E-state index contributed by atoms with van der Waals surface area (Å²) in [7, 11) is 0. The molecule has 3 rings (SSSR count). The van der Waals surface area contributed by atoms with Crippen molar-refractivity contribution < 1.29 is 4.92 Å². The van der Waals surface area contributed by atoms with Crippen LogP contribution in [-0.4, -0.2) is 9.91 Å². The molecule has 1 aromatic heterocycles. The highest BCUT2D eigenvalue weighted by atomic mass is 16.6. The van der Waals surface area contributed by atoms with Crippen LogP contribution in [0.1, 0.15) is 5.69 Å². The second-order valence-corrected chi connectivity index (χ2v) is 4.63. The fourth-order valence-corrected chi connectivity index (χ4v) is 2.31. The van der Waals surface area contributed by atoms with Gasteiger partial charge in [-0.15, -0.1) is 0 Å². The van der Waals surface area contributed by atoms with Crippen LogP contribution in [0.15, 0.2) is 54.6 Å². The summed E-state index contributed by atoms with van der Waals surface area (Å²) < 4.78 is 0. The van der Waals surface area contributed by atoms with E-state index in [1.807, 2.05) is 37.3 Å². The maximum atomic E-state index is 10.7. The molecule has 0 atom stereocenters. The first-order chi connectivity index (χ1) is 9.65. The number of nitrogens with zero attached hydrogens (tertiary/aromatic N) is 2. The van der Waals surface area contributed by atoms with E-state index in [4.69, 9.17) is 0 Å². The molecular weight excluding hydrogens is 252 g/mol. The third kappa shape index (κ3) is 2.12. The molecule has 98 valence electrons. The molecule has 0 spiro atoms. The maximum absolute atomic E-state index is 10.7. The van der Waals surface area contributed by atoms with Gasteiger partial charge in [0.2, 0.25) is 0 Å². The second kappa shape index (κ2) is 4.74. The molecule has 4 heteroatoms. The minimum absolute atomic E-state index is 0.101. The number of nitro groups is 1. The Bertz CT molecular complexity index is 795. The number of pyridine rings is 1. The quantitative estimate of drug-likeness (QED) is 0.516. The molecule has 20 heavy (non-hydrogen) atoms. The number of hydrogen-bond donors (Lipinski definition) is 0. The lowest BCUT2D eigenvalue weighted by Crippen LogP contribution is -1.90. The molecule has 0 unspecified atom stereocenters. The highest BCUT2D eigenvalue weighted by molar-refractivity contribution is 5.94. The van der Waals surface area contributed by atoms with E-state index in [9.17, 15) is 10.1 Å². The Balaban J connectivity index is 2.20. The lowest BCUT2D eigenvalue weighted by atomic mass is 10.00. The summed E-state index contributed by atoms with van der Waals surface area (Å²) in [6.07, 6.45) is 0. The van der Waals surface area contributed by atoms with Crippen molar-refractivity contribution in [3.8, 4) is 11.1 Å². The van der Waals surface area contributed by atoms with Gasteiger partial charge in [-0.2, -0.15) is 0 Å². The van der Waals surface area contributed by atoms with Gasteiger partial charge in [-0.3, -0.25) is 15.1 Å². The van der Waals surface area contributed by atoms with Gasteiger partial charge in [-0.1, -0.05) is 18.2 Å². The summed E-state index contributed by atoms with van der Waals surface area (Å²) in [6.45, 7) is 1.95. The molecule has 0 radical (unpaired) electrons. The average molecular weight is 264 g/mol. The van der Waals surface area contributed by atoms with Crippen LogP contribution < -0.4 is 0 Å². The Hall–Kier alpha value is -2.75. The van der Waals surface area contributed by atoms with Gasteiger partial charge >= 0.3 is 0 Å². The van der Waals surface area contributed by atoms with Crippen LogP contribution in [0.25, 0.3) is 22.0 Å². The molecule has 1 heterocycles. The number of para-hydroxylation sites is 1. The van der Waals surface area contributed by atoms with Gasteiger partial charge in [0.05, 0.1) is 10.4 Å². The SMILES string of the molecule is Cc1cc(-c2ccc([N+](=O)[O-])cc2)c2ccccc2n1. The molecular formula is C16H12N2O2. The van der Waals surface area contributed by atoms with Crippen LogP contribution in [0.4, 0.5) is 5.69 Å². The zero-order valence-electron chi connectivity index (χ0n) is 10.9. The zero-order valence-corrected chi connectivity index (χ0v) is 10.9. The molecule has 0 aliphatic carbocycles. The molecule has 0 aliphatic rings. The Morgan fingerprint density at radius 2 is 1.75 bits per heavy atom. The molecule has 0 bridgehead atoms. The van der Waals surface area contributed by atoms with Crippen molar-refractivity contribution >= 4 is 16.6 Å². The van der Waals surface area contributed by atoms with E-state index in [0.29, 0.717) is 0 Å². The lowest BCUT2D eigenvalue weighted by molar-refractivity contribution is -0.384. The average Bonchev–Trinajstić information content (AvgIpc) is 2.46. The summed E-state index contributed by atoms with van der Waals surface area (Å²) >= 11 is 0. The number of aromatic nitrogens is 1. The van der Waals surface area contributed by atoms with Crippen LogP contribution in [0.2, 0.25) is 0 Å². The predicted molar refractivity (Wildman–Crippen MR) is 78.6 cm³/mol. The van der Waals surface area contributed by atoms with E-state index in [1.165, 1.54) is 12.1 Å². The highest BCUT2D eigenvalue weighted by Crippen LogP contribution is 2.29. The number of benzene rings is 2. The summed E-state index contributed by atoms with van der Waals surface area (Å²) in [6, 6.07) is 16.5. The number of fused-ring (bicyclic) bond motifs is 1. The Morgan fingerprint density at radius 1 is 1.05 bits per heavy atom. The molecule has 0 aliphatic heterocycles. The Morgan fingerprint density at radius 3 is 2.45 bits per heavy atom. The topological polar surface area (TPSA) is 56.0 Å². The molecule has 0 fully saturated rings. The third-order valence-electron chi connectivity index (χ3n) is 3.23. The van der Waals surface area contributed by atoms with E-state index in [-0.39, 0.29) is 10.6 Å². The highest BCUT2D eigenvalue weighted by Gasteiger charge is 2.08. The maximum Gasteiger partial charge on any atom is 0.269 e. The lowest BCUT2D eigenvalue weighted by Gasteiger charge is -2.08. The predicted octanol–water partition coefficient (Wildman–Crippen LogP) is 4.12. The van der Waals surface area contributed by atoms with E-state index in [2.05, 4.69) is 4.98 Å². The van der Waals surface area contributed by atoms with Crippen molar-refractivity contribution in [3.63, 3.8) is 0 Å². The van der Waals surface area contributed by atoms with Gasteiger partial charge in [-0.25, -0.2) is 0 Å². The first-order valence-corrected chi connectivity index (χ1v) is 6.26. The Kier molecular flexibility index (Phi) is 2.91. The number of rotatable bonds is 2. The minimum atomic E-state index is -0.389. The van der Waals surface area contributed by atoms with Gasteiger partial charge in [0.25, 0.3) is 5.69 Å². The van der Waals surface area contributed by atoms with Gasteiger partial charge < -0.3 is 0 Å². The van der Waals surface area contributed by atoms with Crippen molar-refractivity contribution in [2.45, 2.75) is 6.92 Å². The summed E-state index contributed by atoms with van der Waals surface area (Å²) in [4.78, 5) is 14.8. The van der Waals surface area contributed by atoms with Crippen LogP contribution in [0.3, 0.4) is 0 Å². The van der Waals surface area contributed by atoms with Crippen LogP contribution in [0, 0.1) is 17.0 Å². The second-order valence-electron chi connectivity index (χ2n) is 4.63. The smallest absolute Gasteiger partial charge is 0.258 e. The number of aryl methyl sites for hydroxylation is 1. The first-order valence-electron chi connectivity index (χ1n) is 6.26. The summed E-state index contributed by atoms with van der Waals surface area (Å²) in [5, 5.41) is 11.8. The fourth-order valence-electron chi connectivity index (χ4n) is 2.31. The first kappa shape index (κ1) is 12.3. The van der Waals surface area contributed by atoms with Gasteiger partial charge in [0.1, 0.15) is 0 Å². The van der Waals surface area contributed by atoms with Crippen molar-refractivity contribution in [2.75, 3.05) is 0 Å². The largest absolute Gasteiger partial charge is 0.269 e. The number of non-ortho nitro benzene ring substituents is 1.